The number of hydrogen-bond donors (Lipinski definition) is 1. The highest BCUT2D eigenvalue weighted by molar-refractivity contribution is 7.92. The molecule has 1 amide bonds. The van der Waals surface area contributed by atoms with Gasteiger partial charge in [-0.05, 0) is 54.8 Å². The quantitative estimate of drug-likeness (QED) is 0.473. The maximum Gasteiger partial charge on any atom is 0.251 e. The van der Waals surface area contributed by atoms with E-state index >= 15 is 0 Å². The molecule has 0 heterocycles. The monoisotopic (exact) mass is 470 g/mol. The molecule has 0 radical (unpaired) electrons. The predicted octanol–water partition coefficient (Wildman–Crippen LogP) is 5.50. The van der Waals surface area contributed by atoms with Crippen molar-refractivity contribution in [3.05, 3.63) is 100 Å². The SMILES string of the molecule is CCC(NC(=O)c1ccc(CN(c2cccc(Cl)c2)S(C)(=O)=O)cc1)c1ccc(C)cc1. The second kappa shape index (κ2) is 10.2. The summed E-state index contributed by atoms with van der Waals surface area (Å²) in [6.45, 7) is 4.20. The number of benzene rings is 3. The van der Waals surface area contributed by atoms with E-state index in [4.69, 9.17) is 11.6 Å². The van der Waals surface area contributed by atoms with Crippen LogP contribution in [0.2, 0.25) is 5.02 Å². The number of nitrogens with one attached hydrogen (secondary N) is 1. The van der Waals surface area contributed by atoms with Crippen molar-refractivity contribution < 1.29 is 13.2 Å². The molecule has 0 bridgehead atoms. The molecule has 1 unspecified atom stereocenters. The Morgan fingerprint density at radius 1 is 1.03 bits per heavy atom. The van der Waals surface area contributed by atoms with E-state index in [-0.39, 0.29) is 18.5 Å². The van der Waals surface area contributed by atoms with E-state index in [2.05, 4.69) is 5.32 Å². The Morgan fingerprint density at radius 2 is 1.69 bits per heavy atom. The van der Waals surface area contributed by atoms with Crippen molar-refractivity contribution in [1.29, 1.82) is 0 Å². The standard InChI is InChI=1S/C25H27ClN2O3S/c1-4-24(20-12-8-18(2)9-13-20)27-25(29)21-14-10-19(11-15-21)17-28(32(3,30)31)23-7-5-6-22(26)16-23/h5-16,24H,4,17H2,1-3H3,(H,27,29). The van der Waals surface area contributed by atoms with Crippen molar-refractivity contribution in [2.24, 2.45) is 0 Å². The van der Waals surface area contributed by atoms with Gasteiger partial charge in [0, 0.05) is 10.6 Å². The molecular formula is C25H27ClN2O3S. The molecule has 0 saturated carbocycles. The first-order chi connectivity index (χ1) is 15.2. The fraction of sp³-hybridized carbons (Fsp3) is 0.240. The van der Waals surface area contributed by atoms with Crippen LogP contribution in [0.15, 0.2) is 72.8 Å². The largest absolute Gasteiger partial charge is 0.345 e. The first kappa shape index (κ1) is 23.8. The van der Waals surface area contributed by atoms with Crippen molar-refractivity contribution in [3.8, 4) is 0 Å². The van der Waals surface area contributed by atoms with Crippen LogP contribution in [0.5, 0.6) is 0 Å². The minimum absolute atomic E-state index is 0.0775. The fourth-order valence-corrected chi connectivity index (χ4v) is 4.48. The summed E-state index contributed by atoms with van der Waals surface area (Å²) in [5, 5.41) is 3.54. The Balaban J connectivity index is 1.74. The van der Waals surface area contributed by atoms with Crippen LogP contribution >= 0.6 is 11.6 Å². The second-order valence-corrected chi connectivity index (χ2v) is 10.1. The third-order valence-electron chi connectivity index (χ3n) is 5.23. The highest BCUT2D eigenvalue weighted by Gasteiger charge is 2.19. The van der Waals surface area contributed by atoms with Crippen LogP contribution in [0, 0.1) is 6.92 Å². The zero-order valence-electron chi connectivity index (χ0n) is 18.4. The molecule has 3 aromatic rings. The van der Waals surface area contributed by atoms with Gasteiger partial charge >= 0.3 is 0 Å². The molecule has 0 aliphatic heterocycles. The Labute approximate surface area is 195 Å². The summed E-state index contributed by atoms with van der Waals surface area (Å²) in [4.78, 5) is 12.8. The van der Waals surface area contributed by atoms with Crippen LogP contribution < -0.4 is 9.62 Å². The molecule has 3 aromatic carbocycles. The molecule has 7 heteroatoms. The van der Waals surface area contributed by atoms with Crippen molar-refractivity contribution >= 4 is 33.2 Å². The lowest BCUT2D eigenvalue weighted by atomic mass is 10.0. The van der Waals surface area contributed by atoms with Crippen molar-refractivity contribution in [2.45, 2.75) is 32.9 Å². The summed E-state index contributed by atoms with van der Waals surface area (Å²) >= 11 is 6.04. The van der Waals surface area contributed by atoms with Crippen LogP contribution in [0.3, 0.4) is 0 Å². The summed E-state index contributed by atoms with van der Waals surface area (Å²) < 4.78 is 26.0. The fourth-order valence-electron chi connectivity index (χ4n) is 3.42. The Kier molecular flexibility index (Phi) is 7.59. The van der Waals surface area contributed by atoms with Crippen LogP contribution in [0.1, 0.15) is 46.4 Å². The molecule has 1 atom stereocenters. The zero-order valence-corrected chi connectivity index (χ0v) is 20.0. The Morgan fingerprint density at radius 3 is 2.25 bits per heavy atom. The summed E-state index contributed by atoms with van der Waals surface area (Å²) in [5.41, 5.74) is 4.01. The maximum atomic E-state index is 12.8. The number of carbonyl (C=O) groups excluding carboxylic acids is 1. The first-order valence-corrected chi connectivity index (χ1v) is 12.6. The number of aryl methyl sites for hydroxylation is 1. The van der Waals surface area contributed by atoms with E-state index in [1.807, 2.05) is 38.1 Å². The number of nitrogens with zero attached hydrogens (tertiary/aromatic N) is 1. The summed E-state index contributed by atoms with van der Waals surface area (Å²) in [7, 11) is -3.52. The van der Waals surface area contributed by atoms with Gasteiger partial charge in [-0.25, -0.2) is 8.42 Å². The number of hydrogen-bond acceptors (Lipinski definition) is 3. The van der Waals surface area contributed by atoms with Gasteiger partial charge in [0.2, 0.25) is 10.0 Å². The number of amides is 1. The molecule has 1 N–H and O–H groups in total. The van der Waals surface area contributed by atoms with E-state index in [1.165, 1.54) is 9.87 Å². The minimum atomic E-state index is -3.52. The summed E-state index contributed by atoms with van der Waals surface area (Å²) in [5.74, 6) is -0.168. The molecule has 168 valence electrons. The average Bonchev–Trinajstić information content (AvgIpc) is 2.76. The lowest BCUT2D eigenvalue weighted by Crippen LogP contribution is -2.29. The lowest BCUT2D eigenvalue weighted by molar-refractivity contribution is 0.0935. The van der Waals surface area contributed by atoms with Gasteiger partial charge in [-0.1, -0.05) is 66.6 Å². The second-order valence-electron chi connectivity index (χ2n) is 7.79. The van der Waals surface area contributed by atoms with E-state index in [9.17, 15) is 13.2 Å². The van der Waals surface area contributed by atoms with Crippen molar-refractivity contribution in [2.75, 3.05) is 10.6 Å². The molecule has 0 spiro atoms. The zero-order chi connectivity index (χ0) is 23.3. The third kappa shape index (κ3) is 6.11. The predicted molar refractivity (Wildman–Crippen MR) is 131 cm³/mol. The van der Waals surface area contributed by atoms with Gasteiger partial charge in [0.1, 0.15) is 0 Å². The molecular weight excluding hydrogens is 444 g/mol. The van der Waals surface area contributed by atoms with E-state index in [0.29, 0.717) is 16.3 Å². The third-order valence-corrected chi connectivity index (χ3v) is 6.61. The molecule has 32 heavy (non-hydrogen) atoms. The van der Waals surface area contributed by atoms with Gasteiger partial charge in [-0.3, -0.25) is 9.10 Å². The van der Waals surface area contributed by atoms with Gasteiger partial charge in [-0.2, -0.15) is 0 Å². The van der Waals surface area contributed by atoms with Gasteiger partial charge in [0.05, 0.1) is 24.5 Å². The van der Waals surface area contributed by atoms with Crippen molar-refractivity contribution in [3.63, 3.8) is 0 Å². The summed E-state index contributed by atoms with van der Waals surface area (Å²) in [6, 6.07) is 21.7. The number of rotatable bonds is 8. The Hall–Kier alpha value is -2.83. The van der Waals surface area contributed by atoms with Crippen LogP contribution in [0.4, 0.5) is 5.69 Å². The topological polar surface area (TPSA) is 66.5 Å². The molecule has 0 aliphatic rings. The molecule has 0 fully saturated rings. The maximum absolute atomic E-state index is 12.8. The molecule has 0 aliphatic carbocycles. The first-order valence-electron chi connectivity index (χ1n) is 10.4. The molecule has 0 saturated heterocycles. The van der Waals surface area contributed by atoms with Gasteiger partial charge in [0.25, 0.3) is 5.91 Å². The number of anilines is 1. The Bertz CT molecular complexity index is 1180. The van der Waals surface area contributed by atoms with E-state index < -0.39 is 10.0 Å². The summed E-state index contributed by atoms with van der Waals surface area (Å²) in [6.07, 6.45) is 1.93. The van der Waals surface area contributed by atoms with Gasteiger partial charge < -0.3 is 5.32 Å². The molecule has 5 nitrogen and oxygen atoms in total. The van der Waals surface area contributed by atoms with Gasteiger partial charge in [-0.15, -0.1) is 0 Å². The van der Waals surface area contributed by atoms with E-state index in [0.717, 1.165) is 23.8 Å². The average molecular weight is 471 g/mol. The number of sulfonamides is 1. The van der Waals surface area contributed by atoms with Crippen LogP contribution in [-0.2, 0) is 16.6 Å². The normalized spacial score (nSPS) is 12.2. The van der Waals surface area contributed by atoms with Crippen molar-refractivity contribution in [1.82, 2.24) is 5.32 Å². The number of halogens is 1. The minimum Gasteiger partial charge on any atom is -0.345 e. The van der Waals surface area contributed by atoms with E-state index in [1.54, 1.807) is 48.5 Å². The van der Waals surface area contributed by atoms with Crippen LogP contribution in [0.25, 0.3) is 0 Å². The molecule has 3 rings (SSSR count). The lowest BCUT2D eigenvalue weighted by Gasteiger charge is -2.23. The smallest absolute Gasteiger partial charge is 0.251 e. The number of carbonyl (C=O) groups is 1. The highest BCUT2D eigenvalue weighted by atomic mass is 35.5. The molecule has 0 aromatic heterocycles. The van der Waals surface area contributed by atoms with Gasteiger partial charge in [0.15, 0.2) is 0 Å². The van der Waals surface area contributed by atoms with Crippen LogP contribution in [-0.4, -0.2) is 20.6 Å². The highest BCUT2D eigenvalue weighted by Crippen LogP contribution is 2.24.